The third-order valence-electron chi connectivity index (χ3n) is 3.11. The largest absolute Gasteiger partial charge is 0.378 e. The summed E-state index contributed by atoms with van der Waals surface area (Å²) < 4.78 is 0. The van der Waals surface area contributed by atoms with E-state index >= 15 is 0 Å². The molecule has 1 aromatic carbocycles. The van der Waals surface area contributed by atoms with E-state index in [-0.39, 0.29) is 0 Å². The molecule has 1 fully saturated rings. The number of anilines is 1. The van der Waals surface area contributed by atoms with Crippen molar-refractivity contribution in [3.05, 3.63) is 29.8 Å². The van der Waals surface area contributed by atoms with Crippen molar-refractivity contribution < 1.29 is 0 Å². The van der Waals surface area contributed by atoms with Crippen LogP contribution in [0.4, 0.5) is 5.69 Å². The fourth-order valence-electron chi connectivity index (χ4n) is 2.00. The topological polar surface area (TPSA) is 27.3 Å². The highest BCUT2D eigenvalue weighted by Crippen LogP contribution is 2.12. The first-order valence-corrected chi connectivity index (χ1v) is 5.96. The van der Waals surface area contributed by atoms with Gasteiger partial charge in [0.2, 0.25) is 0 Å². The van der Waals surface area contributed by atoms with Gasteiger partial charge in [-0.25, -0.2) is 0 Å². The van der Waals surface area contributed by atoms with Crippen LogP contribution in [0.25, 0.3) is 0 Å². The molecule has 0 spiro atoms. The highest BCUT2D eigenvalue weighted by atomic mass is 15.1. The molecule has 2 N–H and O–H groups in total. The minimum atomic E-state index is 0.647. The van der Waals surface area contributed by atoms with Gasteiger partial charge in [-0.15, -0.1) is 0 Å². The lowest BCUT2D eigenvalue weighted by atomic mass is 10.2. The Bertz CT molecular complexity index is 312. The SMILES string of the molecule is CN(C)c1ccc(CNC2CCNC2)cc1. The van der Waals surface area contributed by atoms with E-state index in [0.29, 0.717) is 6.04 Å². The maximum Gasteiger partial charge on any atom is 0.0361 e. The van der Waals surface area contributed by atoms with E-state index < -0.39 is 0 Å². The summed E-state index contributed by atoms with van der Waals surface area (Å²) in [6, 6.07) is 9.39. The monoisotopic (exact) mass is 219 g/mol. The van der Waals surface area contributed by atoms with Crippen molar-refractivity contribution in [2.75, 3.05) is 32.1 Å². The van der Waals surface area contributed by atoms with Gasteiger partial charge in [0.05, 0.1) is 0 Å². The van der Waals surface area contributed by atoms with Crippen molar-refractivity contribution in [1.82, 2.24) is 10.6 Å². The van der Waals surface area contributed by atoms with Crippen LogP contribution < -0.4 is 15.5 Å². The summed E-state index contributed by atoms with van der Waals surface area (Å²) in [6.07, 6.45) is 1.25. The molecular formula is C13H21N3. The Hall–Kier alpha value is -1.06. The van der Waals surface area contributed by atoms with Gasteiger partial charge >= 0.3 is 0 Å². The molecular weight excluding hydrogens is 198 g/mol. The zero-order valence-electron chi connectivity index (χ0n) is 10.2. The van der Waals surface area contributed by atoms with Crippen LogP contribution >= 0.6 is 0 Å². The molecule has 88 valence electrons. The second kappa shape index (κ2) is 5.32. The Morgan fingerprint density at radius 1 is 1.31 bits per heavy atom. The van der Waals surface area contributed by atoms with Crippen LogP contribution in [-0.2, 0) is 6.54 Å². The van der Waals surface area contributed by atoms with Gasteiger partial charge in [-0.1, -0.05) is 12.1 Å². The van der Waals surface area contributed by atoms with Crippen molar-refractivity contribution >= 4 is 5.69 Å². The lowest BCUT2D eigenvalue weighted by Gasteiger charge is -2.14. The van der Waals surface area contributed by atoms with Crippen LogP contribution in [0, 0.1) is 0 Å². The van der Waals surface area contributed by atoms with Gasteiger partial charge in [-0.3, -0.25) is 0 Å². The molecule has 1 atom stereocenters. The smallest absolute Gasteiger partial charge is 0.0361 e. The molecule has 0 saturated carbocycles. The Kier molecular flexibility index (Phi) is 3.80. The zero-order valence-corrected chi connectivity index (χ0v) is 10.2. The van der Waals surface area contributed by atoms with Crippen LogP contribution in [0.2, 0.25) is 0 Å². The summed E-state index contributed by atoms with van der Waals surface area (Å²) in [5.74, 6) is 0. The highest BCUT2D eigenvalue weighted by Gasteiger charge is 2.12. The second-order valence-corrected chi connectivity index (χ2v) is 4.63. The molecule has 3 heteroatoms. The van der Waals surface area contributed by atoms with Crippen molar-refractivity contribution in [3.63, 3.8) is 0 Å². The van der Waals surface area contributed by atoms with Gasteiger partial charge in [-0.05, 0) is 30.7 Å². The minimum Gasteiger partial charge on any atom is -0.378 e. The van der Waals surface area contributed by atoms with E-state index in [4.69, 9.17) is 0 Å². The van der Waals surface area contributed by atoms with Crippen molar-refractivity contribution in [2.45, 2.75) is 19.0 Å². The Morgan fingerprint density at radius 2 is 2.06 bits per heavy atom. The molecule has 1 aliphatic rings. The van der Waals surface area contributed by atoms with Crippen LogP contribution in [0.5, 0.6) is 0 Å². The molecule has 3 nitrogen and oxygen atoms in total. The molecule has 2 rings (SSSR count). The predicted molar refractivity (Wildman–Crippen MR) is 68.9 cm³/mol. The number of rotatable bonds is 4. The normalized spacial score (nSPS) is 20.0. The molecule has 0 amide bonds. The summed E-state index contributed by atoms with van der Waals surface area (Å²) >= 11 is 0. The number of nitrogens with one attached hydrogen (secondary N) is 2. The lowest BCUT2D eigenvalue weighted by molar-refractivity contribution is 0.547. The first-order chi connectivity index (χ1) is 7.75. The molecule has 0 aromatic heterocycles. The Balaban J connectivity index is 1.84. The number of hydrogen-bond acceptors (Lipinski definition) is 3. The lowest BCUT2D eigenvalue weighted by Crippen LogP contribution is -2.30. The van der Waals surface area contributed by atoms with Crippen molar-refractivity contribution in [3.8, 4) is 0 Å². The zero-order chi connectivity index (χ0) is 11.4. The maximum absolute atomic E-state index is 3.57. The molecule has 16 heavy (non-hydrogen) atoms. The quantitative estimate of drug-likeness (QED) is 0.797. The molecule has 0 bridgehead atoms. The van der Waals surface area contributed by atoms with Gasteiger partial charge in [-0.2, -0.15) is 0 Å². The summed E-state index contributed by atoms with van der Waals surface area (Å²) in [4.78, 5) is 2.12. The molecule has 0 aliphatic carbocycles. The van der Waals surface area contributed by atoms with Crippen LogP contribution in [-0.4, -0.2) is 33.2 Å². The standard InChI is InChI=1S/C13H21N3/c1-16(2)13-5-3-11(4-6-13)9-15-12-7-8-14-10-12/h3-6,12,14-15H,7-10H2,1-2H3. The molecule has 0 radical (unpaired) electrons. The predicted octanol–water partition coefficient (Wildman–Crippen LogP) is 1.20. The summed E-state index contributed by atoms with van der Waals surface area (Å²) in [5.41, 5.74) is 2.61. The van der Waals surface area contributed by atoms with Crippen molar-refractivity contribution in [1.29, 1.82) is 0 Å². The number of benzene rings is 1. The molecule has 1 aliphatic heterocycles. The van der Waals surface area contributed by atoms with Crippen LogP contribution in [0.1, 0.15) is 12.0 Å². The second-order valence-electron chi connectivity index (χ2n) is 4.63. The maximum atomic E-state index is 3.57. The first-order valence-electron chi connectivity index (χ1n) is 5.96. The fourth-order valence-corrected chi connectivity index (χ4v) is 2.00. The first kappa shape index (κ1) is 11.4. The van der Waals surface area contributed by atoms with Gasteiger partial charge in [0.1, 0.15) is 0 Å². The Morgan fingerprint density at radius 3 is 2.62 bits per heavy atom. The Labute approximate surface area is 97.8 Å². The van der Waals surface area contributed by atoms with Gasteiger partial charge in [0.15, 0.2) is 0 Å². The van der Waals surface area contributed by atoms with Gasteiger partial charge < -0.3 is 15.5 Å². The summed E-state index contributed by atoms with van der Waals surface area (Å²) in [5, 5.41) is 6.93. The minimum absolute atomic E-state index is 0.647. The molecule has 1 heterocycles. The van der Waals surface area contributed by atoms with E-state index in [9.17, 15) is 0 Å². The van der Waals surface area contributed by atoms with Gasteiger partial charge in [0.25, 0.3) is 0 Å². The van der Waals surface area contributed by atoms with E-state index in [2.05, 4.69) is 53.9 Å². The summed E-state index contributed by atoms with van der Waals surface area (Å²) in [6.45, 7) is 3.23. The number of nitrogens with zero attached hydrogens (tertiary/aromatic N) is 1. The summed E-state index contributed by atoms with van der Waals surface area (Å²) in [7, 11) is 4.13. The molecule has 1 unspecified atom stereocenters. The van der Waals surface area contributed by atoms with E-state index in [1.807, 2.05) is 0 Å². The third kappa shape index (κ3) is 2.97. The van der Waals surface area contributed by atoms with E-state index in [1.54, 1.807) is 0 Å². The molecule has 1 aromatic rings. The average molecular weight is 219 g/mol. The average Bonchev–Trinajstić information content (AvgIpc) is 2.80. The highest BCUT2D eigenvalue weighted by molar-refractivity contribution is 5.45. The molecule has 1 saturated heterocycles. The van der Waals surface area contributed by atoms with Crippen LogP contribution in [0.15, 0.2) is 24.3 Å². The van der Waals surface area contributed by atoms with E-state index in [1.165, 1.54) is 17.7 Å². The van der Waals surface area contributed by atoms with E-state index in [0.717, 1.165) is 19.6 Å². The number of hydrogen-bond donors (Lipinski definition) is 2. The fraction of sp³-hybridized carbons (Fsp3) is 0.538. The van der Waals surface area contributed by atoms with Crippen LogP contribution in [0.3, 0.4) is 0 Å². The third-order valence-corrected chi connectivity index (χ3v) is 3.11. The van der Waals surface area contributed by atoms with Crippen molar-refractivity contribution in [2.24, 2.45) is 0 Å². The van der Waals surface area contributed by atoms with Gasteiger partial charge in [0, 0.05) is 38.9 Å².